The topological polar surface area (TPSA) is 85.6 Å². The Labute approximate surface area is 167 Å². The molecule has 0 spiro atoms. The number of anilines is 1. The molecule has 1 aliphatic heterocycles. The van der Waals surface area contributed by atoms with Gasteiger partial charge in [-0.05, 0) is 29.8 Å². The highest BCUT2D eigenvalue weighted by Gasteiger charge is 2.37. The number of halogens is 1. The van der Waals surface area contributed by atoms with Gasteiger partial charge >= 0.3 is 0 Å². The molecule has 7 nitrogen and oxygen atoms in total. The summed E-state index contributed by atoms with van der Waals surface area (Å²) in [6, 6.07) is 10.1. The van der Waals surface area contributed by atoms with E-state index in [1.807, 2.05) is 18.2 Å². The molecule has 1 amide bonds. The van der Waals surface area contributed by atoms with Gasteiger partial charge in [-0.1, -0.05) is 29.0 Å². The second kappa shape index (κ2) is 6.99. The van der Waals surface area contributed by atoms with Crippen LogP contribution in [0.25, 0.3) is 10.2 Å². The number of amides is 1. The maximum Gasteiger partial charge on any atom is 0.288 e. The number of carbonyl (C=O) groups is 1. The Morgan fingerprint density at radius 1 is 1.33 bits per heavy atom. The first-order valence-corrected chi connectivity index (χ1v) is 10.0. The van der Waals surface area contributed by atoms with Gasteiger partial charge in [0.2, 0.25) is 5.91 Å². The Morgan fingerprint density at radius 2 is 2.15 bits per heavy atom. The van der Waals surface area contributed by atoms with Gasteiger partial charge < -0.3 is 4.74 Å². The van der Waals surface area contributed by atoms with Crippen LogP contribution in [-0.2, 0) is 4.79 Å². The average molecular weight is 422 g/mol. The van der Waals surface area contributed by atoms with Crippen LogP contribution in [0.15, 0.2) is 36.4 Å². The molecule has 4 rings (SSSR count). The van der Waals surface area contributed by atoms with Gasteiger partial charge in [-0.2, -0.15) is 0 Å². The van der Waals surface area contributed by atoms with Crippen LogP contribution in [0.2, 0.25) is 5.02 Å². The lowest BCUT2D eigenvalue weighted by molar-refractivity contribution is -0.384. The molecule has 1 fully saturated rings. The summed E-state index contributed by atoms with van der Waals surface area (Å²) >= 11 is 8.69. The molecule has 1 saturated heterocycles. The van der Waals surface area contributed by atoms with Crippen molar-refractivity contribution < 1.29 is 14.5 Å². The van der Waals surface area contributed by atoms with Crippen LogP contribution in [0, 0.1) is 10.1 Å². The fraction of sp³-hybridized carbons (Fsp3) is 0.176. The first kappa shape index (κ1) is 18.0. The van der Waals surface area contributed by atoms with Gasteiger partial charge in [-0.25, -0.2) is 4.98 Å². The zero-order valence-corrected chi connectivity index (χ0v) is 16.3. The summed E-state index contributed by atoms with van der Waals surface area (Å²) < 4.78 is 6.13. The van der Waals surface area contributed by atoms with Crippen LogP contribution in [0.1, 0.15) is 10.9 Å². The Morgan fingerprint density at radius 3 is 2.89 bits per heavy atom. The zero-order valence-electron chi connectivity index (χ0n) is 13.9. The minimum Gasteiger partial charge on any atom is -0.497 e. The van der Waals surface area contributed by atoms with Crippen molar-refractivity contribution in [3.8, 4) is 5.75 Å². The number of carbonyl (C=O) groups excluding carboxylic acids is 1. The SMILES string of the molecule is COc1ccc2nc(N3C(=O)CSC3c3ccc(Cl)c([N+](=O)[O-])c3)sc2c1. The molecule has 138 valence electrons. The highest BCUT2D eigenvalue weighted by atomic mass is 35.5. The zero-order chi connectivity index (χ0) is 19.1. The third kappa shape index (κ3) is 3.22. The lowest BCUT2D eigenvalue weighted by atomic mass is 10.2. The maximum atomic E-state index is 12.5. The van der Waals surface area contributed by atoms with Gasteiger partial charge in [0, 0.05) is 6.07 Å². The van der Waals surface area contributed by atoms with Crippen LogP contribution >= 0.6 is 34.7 Å². The van der Waals surface area contributed by atoms with Crippen molar-refractivity contribution in [3.63, 3.8) is 0 Å². The number of benzene rings is 2. The number of nitro groups is 1. The Hall–Kier alpha value is -2.36. The Kier molecular flexibility index (Phi) is 4.67. The van der Waals surface area contributed by atoms with Crippen molar-refractivity contribution in [2.45, 2.75) is 5.37 Å². The van der Waals surface area contributed by atoms with Crippen molar-refractivity contribution >= 4 is 61.6 Å². The largest absolute Gasteiger partial charge is 0.497 e. The number of ether oxygens (including phenoxy) is 1. The van der Waals surface area contributed by atoms with E-state index in [1.165, 1.54) is 35.2 Å². The van der Waals surface area contributed by atoms with E-state index >= 15 is 0 Å². The van der Waals surface area contributed by atoms with Crippen LogP contribution in [0.5, 0.6) is 5.75 Å². The molecule has 1 aromatic heterocycles. The van der Waals surface area contributed by atoms with Crippen molar-refractivity contribution in [2.24, 2.45) is 0 Å². The van der Waals surface area contributed by atoms with Crippen molar-refractivity contribution in [1.29, 1.82) is 0 Å². The molecule has 27 heavy (non-hydrogen) atoms. The lowest BCUT2D eigenvalue weighted by Gasteiger charge is -2.21. The van der Waals surface area contributed by atoms with Gasteiger partial charge in [0.1, 0.15) is 16.1 Å². The van der Waals surface area contributed by atoms with Gasteiger partial charge in [-0.15, -0.1) is 11.8 Å². The minimum absolute atomic E-state index is 0.0664. The van der Waals surface area contributed by atoms with Crippen molar-refractivity contribution in [1.82, 2.24) is 4.98 Å². The molecule has 0 saturated carbocycles. The third-order valence-electron chi connectivity index (χ3n) is 4.11. The summed E-state index contributed by atoms with van der Waals surface area (Å²) in [7, 11) is 1.59. The molecule has 0 N–H and O–H groups in total. The fourth-order valence-electron chi connectivity index (χ4n) is 2.82. The van der Waals surface area contributed by atoms with Crippen LogP contribution in [-0.4, -0.2) is 28.7 Å². The predicted molar refractivity (Wildman–Crippen MR) is 107 cm³/mol. The maximum absolute atomic E-state index is 12.5. The van der Waals surface area contributed by atoms with E-state index in [2.05, 4.69) is 4.98 Å². The van der Waals surface area contributed by atoms with Crippen molar-refractivity contribution in [2.75, 3.05) is 17.8 Å². The molecule has 2 aromatic carbocycles. The molecule has 0 bridgehead atoms. The normalized spacial score (nSPS) is 16.9. The number of thiazole rings is 1. The number of hydrogen-bond donors (Lipinski definition) is 0. The monoisotopic (exact) mass is 421 g/mol. The fourth-order valence-corrected chi connectivity index (χ4v) is 5.26. The summed E-state index contributed by atoms with van der Waals surface area (Å²) in [6.45, 7) is 0. The molecule has 0 radical (unpaired) electrons. The molecule has 10 heteroatoms. The van der Waals surface area contributed by atoms with E-state index in [0.717, 1.165) is 10.2 Å². The lowest BCUT2D eigenvalue weighted by Crippen LogP contribution is -2.27. The summed E-state index contributed by atoms with van der Waals surface area (Å²) in [4.78, 5) is 29.4. The second-order valence-corrected chi connectivity index (χ2v) is 8.21. The molecule has 1 aliphatic rings. The number of aromatic nitrogens is 1. The summed E-state index contributed by atoms with van der Waals surface area (Å²) in [6.07, 6.45) is 0. The van der Waals surface area contributed by atoms with Crippen LogP contribution < -0.4 is 9.64 Å². The number of nitro benzene ring substituents is 1. The number of rotatable bonds is 4. The Bertz CT molecular complexity index is 1070. The van der Waals surface area contributed by atoms with E-state index in [0.29, 0.717) is 16.4 Å². The molecule has 0 aliphatic carbocycles. The minimum atomic E-state index is -0.526. The van der Waals surface area contributed by atoms with E-state index in [9.17, 15) is 14.9 Å². The number of methoxy groups -OCH3 is 1. The summed E-state index contributed by atoms with van der Waals surface area (Å²) in [5, 5.41) is 11.4. The van der Waals surface area contributed by atoms with Gasteiger partial charge in [0.25, 0.3) is 5.69 Å². The molecular formula is C17H12ClN3O4S2. The molecule has 1 atom stereocenters. The predicted octanol–water partition coefficient (Wildman–Crippen LogP) is 4.65. The number of thioether (sulfide) groups is 1. The Balaban J connectivity index is 1.76. The number of nitrogens with zero attached hydrogens (tertiary/aromatic N) is 3. The van der Waals surface area contributed by atoms with Gasteiger partial charge in [0.05, 0.1) is 28.0 Å². The van der Waals surface area contributed by atoms with E-state index in [4.69, 9.17) is 16.3 Å². The first-order valence-electron chi connectivity index (χ1n) is 7.80. The van der Waals surface area contributed by atoms with Gasteiger partial charge in [0.15, 0.2) is 5.13 Å². The van der Waals surface area contributed by atoms with E-state index < -0.39 is 10.3 Å². The molecule has 2 heterocycles. The number of fused-ring (bicyclic) bond motifs is 1. The smallest absolute Gasteiger partial charge is 0.288 e. The van der Waals surface area contributed by atoms with Crippen LogP contribution in [0.4, 0.5) is 10.8 Å². The second-order valence-electron chi connectivity index (χ2n) is 5.73. The van der Waals surface area contributed by atoms with Gasteiger partial charge in [-0.3, -0.25) is 19.8 Å². The quantitative estimate of drug-likeness (QED) is 0.450. The molecule has 3 aromatic rings. The first-order chi connectivity index (χ1) is 13.0. The standard InChI is InChI=1S/C17H12ClN3O4S2/c1-25-10-3-5-12-14(7-10)27-17(19-12)20-15(22)8-26-16(20)9-2-4-11(18)13(6-9)21(23)24/h2-7,16H,8H2,1H3. The van der Waals surface area contributed by atoms with Crippen LogP contribution in [0.3, 0.4) is 0 Å². The average Bonchev–Trinajstić information content (AvgIpc) is 3.24. The van der Waals surface area contributed by atoms with E-state index in [1.54, 1.807) is 18.1 Å². The van der Waals surface area contributed by atoms with Crippen molar-refractivity contribution in [3.05, 3.63) is 57.1 Å². The highest BCUT2D eigenvalue weighted by Crippen LogP contribution is 2.45. The number of hydrogen-bond acceptors (Lipinski definition) is 7. The van der Waals surface area contributed by atoms with E-state index in [-0.39, 0.29) is 22.4 Å². The third-order valence-corrected chi connectivity index (χ3v) is 6.66. The summed E-state index contributed by atoms with van der Waals surface area (Å²) in [5.74, 6) is 0.902. The molecular weight excluding hydrogens is 410 g/mol. The molecule has 1 unspecified atom stereocenters. The summed E-state index contributed by atoms with van der Waals surface area (Å²) in [5.41, 5.74) is 1.23. The highest BCUT2D eigenvalue weighted by molar-refractivity contribution is 8.00.